The van der Waals surface area contributed by atoms with Crippen LogP contribution in [0.15, 0.2) is 16.8 Å². The Hall–Kier alpha value is -3.03. The molecule has 3 atom stereocenters. The number of hydrogen-bond acceptors (Lipinski definition) is 10. The average Bonchev–Trinajstić information content (AvgIpc) is 3.52. The van der Waals surface area contributed by atoms with Crippen LogP contribution in [-0.2, 0) is 11.8 Å². The van der Waals surface area contributed by atoms with Gasteiger partial charge in [-0.15, -0.1) is 11.3 Å². The number of nitriles is 1. The van der Waals surface area contributed by atoms with E-state index in [9.17, 15) is 5.26 Å². The van der Waals surface area contributed by atoms with Crippen LogP contribution in [0.5, 0.6) is 6.01 Å². The number of aromatic nitrogens is 4. The van der Waals surface area contributed by atoms with Gasteiger partial charge in [0.1, 0.15) is 22.9 Å². The van der Waals surface area contributed by atoms with Gasteiger partial charge in [-0.25, -0.2) is 4.98 Å². The number of nitrogen functional groups attached to an aromatic ring is 1. The number of hydrogen-bond donors (Lipinski definition) is 1. The number of aryl methyl sites for hydroxylation is 1. The van der Waals surface area contributed by atoms with E-state index in [2.05, 4.69) is 40.1 Å². The van der Waals surface area contributed by atoms with Crippen molar-refractivity contribution in [2.24, 2.45) is 0 Å². The summed E-state index contributed by atoms with van der Waals surface area (Å²) < 4.78 is 11.8. The lowest BCUT2D eigenvalue weighted by atomic mass is 9.72. The lowest BCUT2D eigenvalue weighted by Crippen LogP contribution is -2.38. The Labute approximate surface area is 196 Å². The molecule has 2 aliphatic rings. The minimum atomic E-state index is -0.564. The van der Waals surface area contributed by atoms with Gasteiger partial charge in [-0.1, -0.05) is 5.16 Å². The van der Waals surface area contributed by atoms with Gasteiger partial charge in [-0.05, 0) is 65.6 Å². The highest BCUT2D eigenvalue weighted by atomic mass is 32.1. The van der Waals surface area contributed by atoms with Crippen molar-refractivity contribution in [3.63, 3.8) is 0 Å². The molecule has 1 aliphatic carbocycles. The van der Waals surface area contributed by atoms with Crippen LogP contribution in [0.25, 0.3) is 11.5 Å². The predicted octanol–water partition coefficient (Wildman–Crippen LogP) is 3.55. The molecule has 0 aromatic carbocycles. The van der Waals surface area contributed by atoms with Crippen LogP contribution in [0, 0.1) is 11.3 Å². The number of nitrogens with two attached hydrogens (primary N) is 1. The molecule has 3 aromatic rings. The fourth-order valence-electron chi connectivity index (χ4n) is 5.16. The highest BCUT2D eigenvalue weighted by Crippen LogP contribution is 2.48. The summed E-state index contributed by atoms with van der Waals surface area (Å²) in [6.45, 7) is 5.17. The summed E-state index contributed by atoms with van der Waals surface area (Å²) in [6, 6.07) is 4.67. The molecule has 0 unspecified atom stereocenters. The Bertz CT molecular complexity index is 1220. The van der Waals surface area contributed by atoms with E-state index in [1.54, 1.807) is 12.3 Å². The van der Waals surface area contributed by atoms with Crippen LogP contribution in [0.1, 0.15) is 61.4 Å². The molecule has 9 nitrogen and oxygen atoms in total. The van der Waals surface area contributed by atoms with E-state index in [-0.39, 0.29) is 6.10 Å². The third kappa shape index (κ3) is 3.75. The molecule has 0 spiro atoms. The van der Waals surface area contributed by atoms with Crippen LogP contribution >= 0.6 is 11.3 Å². The first-order valence-corrected chi connectivity index (χ1v) is 12.1. The van der Waals surface area contributed by atoms with Crippen LogP contribution in [0.4, 0.5) is 5.00 Å². The van der Waals surface area contributed by atoms with Crippen molar-refractivity contribution in [2.45, 2.75) is 63.5 Å². The van der Waals surface area contributed by atoms with Crippen LogP contribution in [-0.4, -0.2) is 50.7 Å². The van der Waals surface area contributed by atoms with E-state index >= 15 is 0 Å². The quantitative estimate of drug-likeness (QED) is 0.601. The topological polar surface area (TPSA) is 127 Å². The van der Waals surface area contributed by atoms with Crippen molar-refractivity contribution >= 4 is 16.3 Å². The molecule has 3 aromatic heterocycles. The minimum absolute atomic E-state index is 0.0263. The number of nitrogens with zero attached hydrogens (tertiary/aromatic N) is 6. The first-order valence-electron chi connectivity index (χ1n) is 11.3. The number of ether oxygens (including phenoxy) is 1. The van der Waals surface area contributed by atoms with Gasteiger partial charge in [0.25, 0.3) is 0 Å². The summed E-state index contributed by atoms with van der Waals surface area (Å²) >= 11 is 1.48. The summed E-state index contributed by atoms with van der Waals surface area (Å²) in [6.07, 6.45) is 6.56. The normalized spacial score (nSPS) is 23.8. The van der Waals surface area contributed by atoms with Crippen molar-refractivity contribution in [2.75, 3.05) is 19.3 Å². The molecule has 1 fully saturated rings. The number of fused-ring (bicyclic) bond motifs is 1. The SMILES string of the molecule is C[C@H](Oc1nccc(-c2noc([C@@]3(C)CCCc4sc(N)c(C#N)c43)n2)n1)[C@@H]1CCCN1C. The largest absolute Gasteiger partial charge is 0.459 e. The molecule has 1 saturated heterocycles. The third-order valence-electron chi connectivity index (χ3n) is 6.92. The van der Waals surface area contributed by atoms with Gasteiger partial charge in [0.15, 0.2) is 0 Å². The Balaban J connectivity index is 1.42. The third-order valence-corrected chi connectivity index (χ3v) is 8.00. The zero-order valence-electron chi connectivity index (χ0n) is 19.0. The van der Waals surface area contributed by atoms with Gasteiger partial charge in [0.05, 0.1) is 11.0 Å². The van der Waals surface area contributed by atoms with Crippen molar-refractivity contribution in [3.8, 4) is 23.6 Å². The molecule has 2 N–H and O–H groups in total. The minimum Gasteiger partial charge on any atom is -0.459 e. The van der Waals surface area contributed by atoms with E-state index in [0.717, 1.165) is 42.7 Å². The number of rotatable bonds is 5. The van der Waals surface area contributed by atoms with Crippen LogP contribution < -0.4 is 10.5 Å². The fraction of sp³-hybridized carbons (Fsp3) is 0.522. The van der Waals surface area contributed by atoms with Gasteiger partial charge >= 0.3 is 6.01 Å². The van der Waals surface area contributed by atoms with Gasteiger partial charge in [-0.2, -0.15) is 15.2 Å². The molecule has 0 amide bonds. The standard InChI is InChI=1S/C23H27N7O2S/c1-13(16-6-5-11-30(16)3)31-22-26-10-8-15(27-22)20-28-21(32-29-20)23(2)9-4-7-17-18(23)14(12-24)19(25)33-17/h8,10,13,16H,4-7,9,11,25H2,1-3H3/t13-,16-,23-/m0/s1. The van der Waals surface area contributed by atoms with Gasteiger partial charge in [-0.3, -0.25) is 4.90 Å². The summed E-state index contributed by atoms with van der Waals surface area (Å²) in [5.74, 6) is 0.840. The van der Waals surface area contributed by atoms with Crippen molar-refractivity contribution in [1.29, 1.82) is 5.26 Å². The lowest BCUT2D eigenvalue weighted by Gasteiger charge is -2.30. The summed E-state index contributed by atoms with van der Waals surface area (Å²) in [7, 11) is 2.12. The molecular formula is C23H27N7O2S. The second kappa shape index (κ2) is 8.39. The Kier molecular flexibility index (Phi) is 5.54. The summed E-state index contributed by atoms with van der Waals surface area (Å²) in [5.41, 5.74) is 7.56. The fourth-order valence-corrected chi connectivity index (χ4v) is 6.35. The molecule has 4 heterocycles. The van der Waals surface area contributed by atoms with Gasteiger partial charge in [0, 0.05) is 22.7 Å². The van der Waals surface area contributed by atoms with Crippen LogP contribution in [0.3, 0.4) is 0 Å². The van der Waals surface area contributed by atoms with E-state index in [4.69, 9.17) is 20.0 Å². The molecule has 10 heteroatoms. The Morgan fingerprint density at radius 2 is 2.24 bits per heavy atom. The number of likely N-dealkylation sites (N-methyl/N-ethyl adjacent to an activating group) is 1. The zero-order valence-corrected chi connectivity index (χ0v) is 19.9. The van der Waals surface area contributed by atoms with E-state index < -0.39 is 5.41 Å². The maximum Gasteiger partial charge on any atom is 0.317 e. The molecule has 33 heavy (non-hydrogen) atoms. The first kappa shape index (κ1) is 21.8. The predicted molar refractivity (Wildman–Crippen MR) is 124 cm³/mol. The number of likely N-dealkylation sites (tertiary alicyclic amines) is 1. The molecular weight excluding hydrogens is 438 g/mol. The highest BCUT2D eigenvalue weighted by molar-refractivity contribution is 7.16. The van der Waals surface area contributed by atoms with E-state index in [0.29, 0.717) is 40.0 Å². The molecule has 172 valence electrons. The monoisotopic (exact) mass is 465 g/mol. The second-order valence-electron chi connectivity index (χ2n) is 9.10. The maximum absolute atomic E-state index is 9.70. The molecule has 5 rings (SSSR count). The summed E-state index contributed by atoms with van der Waals surface area (Å²) in [5, 5.41) is 14.5. The number of thiophene rings is 1. The average molecular weight is 466 g/mol. The zero-order chi connectivity index (χ0) is 23.2. The maximum atomic E-state index is 9.70. The molecule has 0 bridgehead atoms. The molecule has 1 aliphatic heterocycles. The first-order chi connectivity index (χ1) is 15.9. The summed E-state index contributed by atoms with van der Waals surface area (Å²) in [4.78, 5) is 16.9. The van der Waals surface area contributed by atoms with Crippen molar-refractivity contribution in [1.82, 2.24) is 25.0 Å². The molecule has 0 radical (unpaired) electrons. The smallest absolute Gasteiger partial charge is 0.317 e. The van der Waals surface area contributed by atoms with Crippen molar-refractivity contribution < 1.29 is 9.26 Å². The number of anilines is 1. The van der Waals surface area contributed by atoms with Gasteiger partial charge in [0.2, 0.25) is 11.7 Å². The lowest BCUT2D eigenvalue weighted by molar-refractivity contribution is 0.112. The Morgan fingerprint density at radius 3 is 3.00 bits per heavy atom. The van der Waals surface area contributed by atoms with Gasteiger partial charge < -0.3 is 15.0 Å². The van der Waals surface area contributed by atoms with Crippen molar-refractivity contribution in [3.05, 3.63) is 34.2 Å². The molecule has 0 saturated carbocycles. The van der Waals surface area contributed by atoms with Crippen LogP contribution in [0.2, 0.25) is 0 Å². The Morgan fingerprint density at radius 1 is 1.39 bits per heavy atom. The van der Waals surface area contributed by atoms with E-state index in [1.165, 1.54) is 17.8 Å². The second-order valence-corrected chi connectivity index (χ2v) is 10.2. The highest BCUT2D eigenvalue weighted by Gasteiger charge is 2.43. The van der Waals surface area contributed by atoms with E-state index in [1.807, 2.05) is 6.92 Å².